The maximum Gasteiger partial charge on any atom is 0.506 e. The van der Waals surface area contributed by atoms with E-state index in [-0.39, 0.29) is 11.8 Å². The van der Waals surface area contributed by atoms with E-state index in [0.29, 0.717) is 19.5 Å². The fourth-order valence-corrected chi connectivity index (χ4v) is 3.04. The molecule has 2 atom stereocenters. The number of amides is 1. The summed E-state index contributed by atoms with van der Waals surface area (Å²) in [5.74, 6) is 0.788. The minimum atomic E-state index is -1.31. The third kappa shape index (κ3) is 4.40. The molecule has 0 saturated carbocycles. The van der Waals surface area contributed by atoms with E-state index in [9.17, 15) is 9.59 Å². The highest BCUT2D eigenvalue weighted by Crippen LogP contribution is 2.32. The van der Waals surface area contributed by atoms with Crippen molar-refractivity contribution in [1.82, 2.24) is 4.90 Å². The van der Waals surface area contributed by atoms with Gasteiger partial charge in [-0.1, -0.05) is 32.9 Å². The largest absolute Gasteiger partial charge is 0.506 e. The zero-order chi connectivity index (χ0) is 17.9. The lowest BCUT2D eigenvalue weighted by Crippen LogP contribution is -2.50. The Balaban J connectivity index is 2.22. The fraction of sp³-hybridized carbons (Fsp3) is 0.556. The van der Waals surface area contributed by atoms with E-state index in [1.165, 1.54) is 0 Å². The van der Waals surface area contributed by atoms with Crippen molar-refractivity contribution >= 4 is 12.1 Å². The predicted molar refractivity (Wildman–Crippen MR) is 89.3 cm³/mol. The van der Waals surface area contributed by atoms with E-state index in [4.69, 9.17) is 14.6 Å². The molecule has 1 saturated heterocycles. The molecule has 1 aromatic rings. The third-order valence-corrected chi connectivity index (χ3v) is 4.20. The number of nitrogens with zero attached hydrogens (tertiary/aromatic N) is 1. The molecule has 1 aliphatic heterocycles. The van der Waals surface area contributed by atoms with Crippen molar-refractivity contribution in [1.29, 1.82) is 0 Å². The number of benzene rings is 1. The second kappa shape index (κ2) is 7.11. The summed E-state index contributed by atoms with van der Waals surface area (Å²) in [7, 11) is 1.61. The summed E-state index contributed by atoms with van der Waals surface area (Å²) in [5.41, 5.74) is 0.524. The lowest BCUT2D eigenvalue weighted by atomic mass is 9.86. The minimum Gasteiger partial charge on any atom is -0.497 e. The molecule has 1 fully saturated rings. The summed E-state index contributed by atoms with van der Waals surface area (Å²) in [6.07, 6.45) is -1.26. The Hall–Kier alpha value is -2.24. The summed E-state index contributed by atoms with van der Waals surface area (Å²) in [6, 6.07) is 7.64. The SMILES string of the molecule is COc1ccc(C2CC(OC(=O)O)CN(C(=O)C(C)(C)C)C2)cc1. The molecule has 6 nitrogen and oxygen atoms in total. The van der Waals surface area contributed by atoms with Crippen LogP contribution in [-0.4, -0.2) is 48.4 Å². The molecule has 1 N–H and O–H groups in total. The Morgan fingerprint density at radius 1 is 1.17 bits per heavy atom. The van der Waals surface area contributed by atoms with Crippen LogP contribution < -0.4 is 4.74 Å². The van der Waals surface area contributed by atoms with E-state index in [1.54, 1.807) is 12.0 Å². The zero-order valence-electron chi connectivity index (χ0n) is 14.6. The highest BCUT2D eigenvalue weighted by molar-refractivity contribution is 5.81. The summed E-state index contributed by atoms with van der Waals surface area (Å²) in [4.78, 5) is 25.3. The predicted octanol–water partition coefficient (Wildman–Crippen LogP) is 3.12. The first kappa shape index (κ1) is 18.1. The minimum absolute atomic E-state index is 0.000277. The van der Waals surface area contributed by atoms with E-state index in [0.717, 1.165) is 11.3 Å². The molecule has 132 valence electrons. The van der Waals surface area contributed by atoms with Gasteiger partial charge in [0.25, 0.3) is 0 Å². The highest BCUT2D eigenvalue weighted by Gasteiger charge is 2.36. The van der Waals surface area contributed by atoms with Crippen molar-refractivity contribution in [2.45, 2.75) is 39.2 Å². The van der Waals surface area contributed by atoms with Crippen molar-refractivity contribution < 1.29 is 24.2 Å². The van der Waals surface area contributed by atoms with Gasteiger partial charge in [0.15, 0.2) is 0 Å². The van der Waals surface area contributed by atoms with E-state index in [2.05, 4.69) is 0 Å². The average Bonchev–Trinajstić information content (AvgIpc) is 2.52. The maximum absolute atomic E-state index is 12.6. The number of ether oxygens (including phenoxy) is 2. The van der Waals surface area contributed by atoms with Crippen LogP contribution in [0.25, 0.3) is 0 Å². The Labute approximate surface area is 142 Å². The molecule has 6 heteroatoms. The molecule has 0 spiro atoms. The lowest BCUT2D eigenvalue weighted by molar-refractivity contribution is -0.143. The molecular formula is C18H25NO5. The van der Waals surface area contributed by atoms with Gasteiger partial charge in [-0.15, -0.1) is 0 Å². The van der Waals surface area contributed by atoms with Crippen LogP contribution in [0.2, 0.25) is 0 Å². The maximum atomic E-state index is 12.6. The summed E-state index contributed by atoms with van der Waals surface area (Å²) < 4.78 is 10.1. The van der Waals surface area contributed by atoms with Crippen molar-refractivity contribution in [2.24, 2.45) is 5.41 Å². The molecule has 2 rings (SSSR count). The number of piperidine rings is 1. The Morgan fingerprint density at radius 2 is 1.79 bits per heavy atom. The Bertz CT molecular complexity index is 590. The molecule has 24 heavy (non-hydrogen) atoms. The third-order valence-electron chi connectivity index (χ3n) is 4.20. The molecule has 1 aromatic carbocycles. The number of carboxylic acid groups (broad SMARTS) is 1. The Morgan fingerprint density at radius 3 is 2.29 bits per heavy atom. The van der Waals surface area contributed by atoms with Gasteiger partial charge < -0.3 is 19.5 Å². The van der Waals surface area contributed by atoms with Gasteiger partial charge in [0.05, 0.1) is 13.7 Å². The number of hydrogen-bond acceptors (Lipinski definition) is 4. The Kier molecular flexibility index (Phi) is 5.36. The van der Waals surface area contributed by atoms with Crippen LogP contribution in [0.4, 0.5) is 4.79 Å². The van der Waals surface area contributed by atoms with Gasteiger partial charge in [0.2, 0.25) is 5.91 Å². The molecule has 0 aromatic heterocycles. The zero-order valence-corrected chi connectivity index (χ0v) is 14.6. The molecule has 0 aliphatic carbocycles. The van der Waals surface area contributed by atoms with Crippen LogP contribution in [0, 0.1) is 5.41 Å². The first-order valence-corrected chi connectivity index (χ1v) is 8.03. The molecule has 0 bridgehead atoms. The normalized spacial score (nSPS) is 21.2. The first-order chi connectivity index (χ1) is 11.2. The molecular weight excluding hydrogens is 310 g/mol. The first-order valence-electron chi connectivity index (χ1n) is 8.03. The summed E-state index contributed by atoms with van der Waals surface area (Å²) in [5, 5.41) is 8.93. The van der Waals surface area contributed by atoms with Gasteiger partial charge in [-0.2, -0.15) is 0 Å². The van der Waals surface area contributed by atoms with Gasteiger partial charge in [0.1, 0.15) is 11.9 Å². The molecule has 1 aliphatic rings. The van der Waals surface area contributed by atoms with Gasteiger partial charge in [-0.3, -0.25) is 4.79 Å². The highest BCUT2D eigenvalue weighted by atomic mass is 16.7. The van der Waals surface area contributed by atoms with Crippen molar-refractivity contribution in [3.05, 3.63) is 29.8 Å². The smallest absolute Gasteiger partial charge is 0.497 e. The number of likely N-dealkylation sites (tertiary alicyclic amines) is 1. The summed E-state index contributed by atoms with van der Waals surface area (Å²) >= 11 is 0. The van der Waals surface area contributed by atoms with Crippen LogP contribution in [-0.2, 0) is 9.53 Å². The van der Waals surface area contributed by atoms with Gasteiger partial charge >= 0.3 is 6.16 Å². The fourth-order valence-electron chi connectivity index (χ4n) is 3.04. The van der Waals surface area contributed by atoms with Crippen LogP contribution in [0.3, 0.4) is 0 Å². The number of methoxy groups -OCH3 is 1. The van der Waals surface area contributed by atoms with Crippen LogP contribution >= 0.6 is 0 Å². The van der Waals surface area contributed by atoms with E-state index < -0.39 is 17.7 Å². The summed E-state index contributed by atoms with van der Waals surface area (Å²) in [6.45, 7) is 6.44. The van der Waals surface area contributed by atoms with Crippen LogP contribution in [0.5, 0.6) is 5.75 Å². The standard InChI is InChI=1S/C18H25NO5/c1-18(2,3)16(20)19-10-13(9-15(11-19)24-17(21)22)12-5-7-14(23-4)8-6-12/h5-8,13,15H,9-11H2,1-4H3,(H,21,22). The molecule has 2 unspecified atom stereocenters. The molecule has 1 amide bonds. The quantitative estimate of drug-likeness (QED) is 0.859. The van der Waals surface area contributed by atoms with Gasteiger partial charge in [-0.05, 0) is 24.1 Å². The van der Waals surface area contributed by atoms with E-state index in [1.807, 2.05) is 45.0 Å². The second-order valence-corrected chi connectivity index (χ2v) is 7.17. The monoisotopic (exact) mass is 335 g/mol. The molecule has 0 radical (unpaired) electrons. The number of rotatable bonds is 3. The molecule has 1 heterocycles. The van der Waals surface area contributed by atoms with Crippen molar-refractivity contribution in [3.8, 4) is 5.75 Å². The van der Waals surface area contributed by atoms with Crippen molar-refractivity contribution in [2.75, 3.05) is 20.2 Å². The lowest BCUT2D eigenvalue weighted by Gasteiger charge is -2.39. The average molecular weight is 335 g/mol. The number of carbonyl (C=O) groups excluding carboxylic acids is 1. The van der Waals surface area contributed by atoms with Gasteiger partial charge in [-0.25, -0.2) is 4.79 Å². The van der Waals surface area contributed by atoms with Crippen molar-refractivity contribution in [3.63, 3.8) is 0 Å². The van der Waals surface area contributed by atoms with Crippen LogP contribution in [0.1, 0.15) is 38.7 Å². The second-order valence-electron chi connectivity index (χ2n) is 7.17. The van der Waals surface area contributed by atoms with E-state index >= 15 is 0 Å². The van der Waals surface area contributed by atoms with Gasteiger partial charge in [0, 0.05) is 17.9 Å². The van der Waals surface area contributed by atoms with Crippen LogP contribution in [0.15, 0.2) is 24.3 Å². The number of carbonyl (C=O) groups is 2. The topological polar surface area (TPSA) is 76.1 Å². The number of hydrogen-bond donors (Lipinski definition) is 1.